The van der Waals surface area contributed by atoms with E-state index in [1.54, 1.807) is 0 Å². The summed E-state index contributed by atoms with van der Waals surface area (Å²) in [4.78, 5) is 13.4. The summed E-state index contributed by atoms with van der Waals surface area (Å²) in [6, 6.07) is -0.226. The molecule has 1 aliphatic rings. The van der Waals surface area contributed by atoms with Crippen molar-refractivity contribution in [2.24, 2.45) is 5.92 Å². The maximum absolute atomic E-state index is 11.2. The first kappa shape index (κ1) is 13.5. The summed E-state index contributed by atoms with van der Waals surface area (Å²) in [5, 5.41) is 9.24. The van der Waals surface area contributed by atoms with E-state index in [1.807, 2.05) is 0 Å². The topological polar surface area (TPSA) is 40.5 Å². The smallest absolute Gasteiger partial charge is 0.320 e. The zero-order valence-electron chi connectivity index (χ0n) is 10.6. The highest BCUT2D eigenvalue weighted by Crippen LogP contribution is 2.25. The van der Waals surface area contributed by atoms with Crippen molar-refractivity contribution in [2.45, 2.75) is 58.4 Å². The Hall–Kier alpha value is -0.570. The van der Waals surface area contributed by atoms with E-state index in [9.17, 15) is 9.90 Å². The van der Waals surface area contributed by atoms with Crippen LogP contribution < -0.4 is 0 Å². The second-order valence-electron chi connectivity index (χ2n) is 4.90. The molecule has 2 unspecified atom stereocenters. The number of unbranched alkanes of at least 4 members (excludes halogenated alkanes) is 2. The van der Waals surface area contributed by atoms with Crippen LogP contribution in [0.5, 0.6) is 0 Å². The van der Waals surface area contributed by atoms with Crippen LogP contribution in [0.4, 0.5) is 0 Å². The van der Waals surface area contributed by atoms with Crippen LogP contribution >= 0.6 is 0 Å². The standard InChI is InChI=1S/C13H25NO2/c1-3-5-6-8-14-9-7-11(4-2)10-12(14)13(15)16/h11-12H,3-10H2,1-2H3,(H,15,16). The van der Waals surface area contributed by atoms with E-state index in [0.717, 1.165) is 32.4 Å². The normalized spacial score (nSPS) is 26.9. The van der Waals surface area contributed by atoms with Crippen LogP contribution in [-0.4, -0.2) is 35.1 Å². The van der Waals surface area contributed by atoms with E-state index in [1.165, 1.54) is 19.3 Å². The van der Waals surface area contributed by atoms with Crippen LogP contribution in [0.2, 0.25) is 0 Å². The van der Waals surface area contributed by atoms with Gasteiger partial charge in [0, 0.05) is 0 Å². The predicted molar refractivity (Wildman–Crippen MR) is 65.5 cm³/mol. The van der Waals surface area contributed by atoms with E-state index in [-0.39, 0.29) is 6.04 Å². The van der Waals surface area contributed by atoms with E-state index in [0.29, 0.717) is 5.92 Å². The van der Waals surface area contributed by atoms with Gasteiger partial charge in [-0.3, -0.25) is 9.69 Å². The Morgan fingerprint density at radius 1 is 1.38 bits per heavy atom. The Morgan fingerprint density at radius 2 is 2.12 bits per heavy atom. The highest BCUT2D eigenvalue weighted by molar-refractivity contribution is 5.73. The van der Waals surface area contributed by atoms with Crippen molar-refractivity contribution in [2.75, 3.05) is 13.1 Å². The van der Waals surface area contributed by atoms with Crippen LogP contribution in [0.1, 0.15) is 52.4 Å². The highest BCUT2D eigenvalue weighted by atomic mass is 16.4. The van der Waals surface area contributed by atoms with Gasteiger partial charge in [0.2, 0.25) is 0 Å². The second kappa shape index (κ2) is 6.89. The molecule has 0 aromatic rings. The molecule has 1 rings (SSSR count). The number of carbonyl (C=O) groups is 1. The monoisotopic (exact) mass is 227 g/mol. The zero-order chi connectivity index (χ0) is 12.0. The van der Waals surface area contributed by atoms with E-state index < -0.39 is 5.97 Å². The maximum atomic E-state index is 11.2. The van der Waals surface area contributed by atoms with Crippen molar-refractivity contribution in [1.82, 2.24) is 4.90 Å². The number of piperidine rings is 1. The van der Waals surface area contributed by atoms with E-state index in [4.69, 9.17) is 0 Å². The maximum Gasteiger partial charge on any atom is 0.320 e. The fraction of sp³-hybridized carbons (Fsp3) is 0.923. The molecule has 3 heteroatoms. The van der Waals surface area contributed by atoms with E-state index >= 15 is 0 Å². The van der Waals surface area contributed by atoms with Crippen molar-refractivity contribution in [3.05, 3.63) is 0 Å². The van der Waals surface area contributed by atoms with Crippen LogP contribution in [0.3, 0.4) is 0 Å². The Bertz CT molecular complexity index is 216. The van der Waals surface area contributed by atoms with Gasteiger partial charge in [0.1, 0.15) is 6.04 Å². The predicted octanol–water partition coefficient (Wildman–Crippen LogP) is 2.75. The molecule has 0 aliphatic carbocycles. The molecule has 0 bridgehead atoms. The molecule has 94 valence electrons. The molecule has 2 atom stereocenters. The van der Waals surface area contributed by atoms with Crippen LogP contribution in [0, 0.1) is 5.92 Å². The molecule has 0 aromatic heterocycles. The Labute approximate surface area is 98.8 Å². The number of likely N-dealkylation sites (tertiary alicyclic amines) is 1. The summed E-state index contributed by atoms with van der Waals surface area (Å²) in [5.41, 5.74) is 0. The minimum absolute atomic E-state index is 0.226. The number of hydrogen-bond donors (Lipinski definition) is 1. The van der Waals surface area contributed by atoms with Gasteiger partial charge in [-0.15, -0.1) is 0 Å². The summed E-state index contributed by atoms with van der Waals surface area (Å²) < 4.78 is 0. The van der Waals surface area contributed by atoms with Crippen molar-refractivity contribution in [3.8, 4) is 0 Å². The van der Waals surface area contributed by atoms with Gasteiger partial charge in [0.05, 0.1) is 0 Å². The molecule has 0 spiro atoms. The third-order valence-electron chi connectivity index (χ3n) is 3.73. The van der Waals surface area contributed by atoms with Gasteiger partial charge in [-0.2, -0.15) is 0 Å². The zero-order valence-corrected chi connectivity index (χ0v) is 10.6. The SMILES string of the molecule is CCCCCN1CCC(CC)CC1C(=O)O. The average Bonchev–Trinajstić information content (AvgIpc) is 2.29. The van der Waals surface area contributed by atoms with Crippen molar-refractivity contribution in [1.29, 1.82) is 0 Å². The van der Waals surface area contributed by atoms with Gasteiger partial charge in [0.15, 0.2) is 0 Å². The van der Waals surface area contributed by atoms with Gasteiger partial charge in [-0.05, 0) is 38.3 Å². The summed E-state index contributed by atoms with van der Waals surface area (Å²) >= 11 is 0. The number of nitrogens with zero attached hydrogens (tertiary/aromatic N) is 1. The summed E-state index contributed by atoms with van der Waals surface area (Å²) in [6.45, 7) is 6.27. The minimum atomic E-state index is -0.630. The second-order valence-corrected chi connectivity index (χ2v) is 4.90. The van der Waals surface area contributed by atoms with Gasteiger partial charge < -0.3 is 5.11 Å². The molecule has 16 heavy (non-hydrogen) atoms. The first-order valence-electron chi connectivity index (χ1n) is 6.65. The fourth-order valence-electron chi connectivity index (χ4n) is 2.55. The molecule has 1 fully saturated rings. The van der Waals surface area contributed by atoms with Gasteiger partial charge in [-0.25, -0.2) is 0 Å². The number of carboxylic acid groups (broad SMARTS) is 1. The number of rotatable bonds is 6. The fourth-order valence-corrected chi connectivity index (χ4v) is 2.55. The highest BCUT2D eigenvalue weighted by Gasteiger charge is 2.31. The molecule has 1 heterocycles. The summed E-state index contributed by atoms with van der Waals surface area (Å²) in [6.07, 6.45) is 6.68. The Balaban J connectivity index is 2.45. The van der Waals surface area contributed by atoms with Crippen LogP contribution in [0.25, 0.3) is 0 Å². The first-order chi connectivity index (χ1) is 7.69. The van der Waals surface area contributed by atoms with Crippen LogP contribution in [0.15, 0.2) is 0 Å². The Morgan fingerprint density at radius 3 is 2.69 bits per heavy atom. The van der Waals surface area contributed by atoms with E-state index in [2.05, 4.69) is 18.7 Å². The molecule has 0 aromatic carbocycles. The lowest BCUT2D eigenvalue weighted by Crippen LogP contribution is -2.47. The lowest BCUT2D eigenvalue weighted by atomic mass is 9.89. The minimum Gasteiger partial charge on any atom is -0.480 e. The number of carboxylic acids is 1. The number of hydrogen-bond acceptors (Lipinski definition) is 2. The van der Waals surface area contributed by atoms with Crippen LogP contribution in [-0.2, 0) is 4.79 Å². The van der Waals surface area contributed by atoms with Gasteiger partial charge in [0.25, 0.3) is 0 Å². The molecule has 0 radical (unpaired) electrons. The van der Waals surface area contributed by atoms with Crippen molar-refractivity contribution >= 4 is 5.97 Å². The third-order valence-corrected chi connectivity index (χ3v) is 3.73. The first-order valence-corrected chi connectivity index (χ1v) is 6.65. The molecule has 0 amide bonds. The molecular weight excluding hydrogens is 202 g/mol. The van der Waals surface area contributed by atoms with Crippen molar-refractivity contribution in [3.63, 3.8) is 0 Å². The van der Waals surface area contributed by atoms with Gasteiger partial charge >= 0.3 is 5.97 Å². The van der Waals surface area contributed by atoms with Gasteiger partial charge in [-0.1, -0.05) is 33.1 Å². The molecule has 0 saturated carbocycles. The molecular formula is C13H25NO2. The van der Waals surface area contributed by atoms with Crippen molar-refractivity contribution < 1.29 is 9.90 Å². The molecule has 1 saturated heterocycles. The Kier molecular flexibility index (Phi) is 5.81. The quantitative estimate of drug-likeness (QED) is 0.709. The molecule has 1 N–H and O–H groups in total. The summed E-state index contributed by atoms with van der Waals surface area (Å²) in [7, 11) is 0. The largest absolute Gasteiger partial charge is 0.480 e. The summed E-state index contributed by atoms with van der Waals surface area (Å²) in [5.74, 6) is -0.0156. The lowest BCUT2D eigenvalue weighted by Gasteiger charge is -2.36. The number of aliphatic carboxylic acids is 1. The average molecular weight is 227 g/mol. The lowest BCUT2D eigenvalue weighted by molar-refractivity contribution is -0.145. The third kappa shape index (κ3) is 3.78. The molecule has 3 nitrogen and oxygen atoms in total. The molecule has 1 aliphatic heterocycles.